The second-order valence-corrected chi connectivity index (χ2v) is 6.44. The molecule has 3 nitrogen and oxygen atoms in total. The highest BCUT2D eigenvalue weighted by Gasteiger charge is 2.20. The molecule has 3 heteroatoms. The summed E-state index contributed by atoms with van der Waals surface area (Å²) in [6.45, 7) is 6.83. The summed E-state index contributed by atoms with van der Waals surface area (Å²) < 4.78 is 0. The van der Waals surface area contributed by atoms with Crippen LogP contribution in [0.1, 0.15) is 32.3 Å². The summed E-state index contributed by atoms with van der Waals surface area (Å²) in [5, 5.41) is 6.43. The molecular formula is C23H28N2O. The third-order valence-electron chi connectivity index (χ3n) is 4.31. The van der Waals surface area contributed by atoms with E-state index < -0.39 is 0 Å². The predicted octanol–water partition coefficient (Wildman–Crippen LogP) is 4.91. The van der Waals surface area contributed by atoms with Crippen LogP contribution in [0.2, 0.25) is 0 Å². The van der Waals surface area contributed by atoms with Crippen molar-refractivity contribution in [2.75, 3.05) is 11.9 Å². The Morgan fingerprint density at radius 2 is 1.65 bits per heavy atom. The maximum Gasteiger partial charge on any atom is 0.245 e. The number of benzene rings is 2. The molecule has 2 rings (SSSR count). The van der Waals surface area contributed by atoms with Gasteiger partial charge in [0.1, 0.15) is 6.04 Å². The summed E-state index contributed by atoms with van der Waals surface area (Å²) in [4.78, 5) is 12.8. The molecule has 0 bridgehead atoms. The van der Waals surface area contributed by atoms with Crippen LogP contribution < -0.4 is 10.6 Å². The third-order valence-corrected chi connectivity index (χ3v) is 4.31. The summed E-state index contributed by atoms with van der Waals surface area (Å²) in [6.07, 6.45) is 5.90. The molecular weight excluding hydrogens is 320 g/mol. The summed E-state index contributed by atoms with van der Waals surface area (Å²) >= 11 is 0. The van der Waals surface area contributed by atoms with Gasteiger partial charge in [-0.05, 0) is 43.0 Å². The molecule has 136 valence electrons. The van der Waals surface area contributed by atoms with Crippen molar-refractivity contribution in [3.63, 3.8) is 0 Å². The number of allylic oxidation sites excluding steroid dienone is 3. The van der Waals surface area contributed by atoms with Crippen LogP contribution in [0.3, 0.4) is 0 Å². The lowest BCUT2D eigenvalue weighted by Crippen LogP contribution is -2.43. The molecule has 0 saturated carbocycles. The first-order valence-corrected chi connectivity index (χ1v) is 9.05. The number of amides is 1. The fourth-order valence-corrected chi connectivity index (χ4v) is 2.73. The van der Waals surface area contributed by atoms with Gasteiger partial charge in [-0.1, -0.05) is 73.7 Å². The first kappa shape index (κ1) is 19.7. The molecule has 0 saturated heterocycles. The Bertz CT molecular complexity index is 735. The van der Waals surface area contributed by atoms with Crippen molar-refractivity contribution in [1.82, 2.24) is 5.32 Å². The molecule has 26 heavy (non-hydrogen) atoms. The van der Waals surface area contributed by atoms with E-state index in [-0.39, 0.29) is 11.9 Å². The Morgan fingerprint density at radius 3 is 2.27 bits per heavy atom. The molecule has 2 aromatic carbocycles. The van der Waals surface area contributed by atoms with Gasteiger partial charge in [0.15, 0.2) is 0 Å². The Kier molecular flexibility index (Phi) is 7.84. The van der Waals surface area contributed by atoms with Gasteiger partial charge in [-0.15, -0.1) is 0 Å². The number of para-hydroxylation sites is 1. The number of anilines is 1. The summed E-state index contributed by atoms with van der Waals surface area (Å²) in [6, 6.07) is 19.5. The Labute approximate surface area is 156 Å². The molecule has 0 radical (unpaired) electrons. The van der Waals surface area contributed by atoms with Crippen molar-refractivity contribution in [3.05, 3.63) is 90.0 Å². The van der Waals surface area contributed by atoms with E-state index in [0.717, 1.165) is 17.8 Å². The van der Waals surface area contributed by atoms with Gasteiger partial charge in [-0.3, -0.25) is 4.79 Å². The molecule has 0 fully saturated rings. The van der Waals surface area contributed by atoms with Crippen LogP contribution in [-0.4, -0.2) is 18.5 Å². The van der Waals surface area contributed by atoms with Crippen molar-refractivity contribution in [1.29, 1.82) is 0 Å². The normalized spacial score (nSPS) is 14.2. The zero-order chi connectivity index (χ0) is 18.8. The van der Waals surface area contributed by atoms with E-state index in [1.165, 1.54) is 5.56 Å². The molecule has 0 aliphatic carbocycles. The Hall–Kier alpha value is -2.65. The van der Waals surface area contributed by atoms with E-state index in [0.29, 0.717) is 5.92 Å². The monoisotopic (exact) mass is 348 g/mol. The average molecular weight is 348 g/mol. The van der Waals surface area contributed by atoms with Gasteiger partial charge >= 0.3 is 0 Å². The van der Waals surface area contributed by atoms with Crippen LogP contribution in [0.4, 0.5) is 5.69 Å². The molecule has 2 N–H and O–H groups in total. The molecule has 0 aromatic heterocycles. The quantitative estimate of drug-likeness (QED) is 0.666. The SMILES string of the molecule is C/C=C\C=C(/C)[C@H](NCC(C)c1ccccc1)C(=O)Nc1ccccc1. The minimum Gasteiger partial charge on any atom is -0.324 e. The topological polar surface area (TPSA) is 41.1 Å². The lowest BCUT2D eigenvalue weighted by molar-refractivity contribution is -0.117. The van der Waals surface area contributed by atoms with E-state index in [9.17, 15) is 4.79 Å². The number of hydrogen-bond acceptors (Lipinski definition) is 2. The second kappa shape index (κ2) is 10.4. The summed E-state index contributed by atoms with van der Waals surface area (Å²) in [5.41, 5.74) is 3.05. The number of rotatable bonds is 8. The van der Waals surface area contributed by atoms with Crippen LogP contribution in [0, 0.1) is 0 Å². The molecule has 1 amide bonds. The largest absolute Gasteiger partial charge is 0.324 e. The minimum absolute atomic E-state index is 0.0466. The maximum absolute atomic E-state index is 12.8. The Morgan fingerprint density at radius 1 is 1.04 bits per heavy atom. The van der Waals surface area contributed by atoms with E-state index in [1.807, 2.05) is 80.6 Å². The van der Waals surface area contributed by atoms with Gasteiger partial charge in [0.2, 0.25) is 5.91 Å². The van der Waals surface area contributed by atoms with Gasteiger partial charge in [0.25, 0.3) is 0 Å². The lowest BCUT2D eigenvalue weighted by Gasteiger charge is -2.22. The third kappa shape index (κ3) is 6.01. The zero-order valence-electron chi connectivity index (χ0n) is 15.8. The van der Waals surface area contributed by atoms with E-state index >= 15 is 0 Å². The number of hydrogen-bond donors (Lipinski definition) is 2. The van der Waals surface area contributed by atoms with Crippen molar-refractivity contribution < 1.29 is 4.79 Å². The van der Waals surface area contributed by atoms with Crippen LogP contribution in [0.15, 0.2) is 84.5 Å². The number of carbonyl (C=O) groups is 1. The molecule has 2 aromatic rings. The Balaban J connectivity index is 2.09. The highest BCUT2D eigenvalue weighted by atomic mass is 16.2. The first-order valence-electron chi connectivity index (χ1n) is 9.05. The van der Waals surface area contributed by atoms with Crippen LogP contribution in [0.25, 0.3) is 0 Å². The summed E-state index contributed by atoms with van der Waals surface area (Å²) in [7, 11) is 0. The van der Waals surface area contributed by atoms with Gasteiger partial charge in [0, 0.05) is 12.2 Å². The first-order chi connectivity index (χ1) is 12.6. The zero-order valence-corrected chi connectivity index (χ0v) is 15.8. The van der Waals surface area contributed by atoms with Crippen molar-refractivity contribution >= 4 is 11.6 Å². The standard InChI is InChI=1S/C23H28N2O/c1-4-5-12-18(2)22(23(26)25-21-15-10-7-11-16-21)24-17-19(3)20-13-8-6-9-14-20/h4-16,19,22,24H,17H2,1-3H3,(H,25,26)/b5-4-,18-12+/t19?,22-/m0/s1. The summed E-state index contributed by atoms with van der Waals surface area (Å²) in [5.74, 6) is 0.271. The molecule has 0 heterocycles. The highest BCUT2D eigenvalue weighted by molar-refractivity contribution is 5.96. The smallest absolute Gasteiger partial charge is 0.245 e. The van der Waals surface area contributed by atoms with E-state index in [4.69, 9.17) is 0 Å². The molecule has 0 aliphatic heterocycles. The maximum atomic E-state index is 12.8. The van der Waals surface area contributed by atoms with Crippen molar-refractivity contribution in [2.45, 2.75) is 32.7 Å². The van der Waals surface area contributed by atoms with E-state index in [1.54, 1.807) is 0 Å². The van der Waals surface area contributed by atoms with Gasteiger partial charge < -0.3 is 10.6 Å². The average Bonchev–Trinajstić information content (AvgIpc) is 2.67. The fourth-order valence-electron chi connectivity index (χ4n) is 2.73. The van der Waals surface area contributed by atoms with E-state index in [2.05, 4.69) is 29.7 Å². The van der Waals surface area contributed by atoms with Crippen LogP contribution in [0.5, 0.6) is 0 Å². The van der Waals surface area contributed by atoms with Crippen molar-refractivity contribution in [3.8, 4) is 0 Å². The highest BCUT2D eigenvalue weighted by Crippen LogP contribution is 2.15. The van der Waals surface area contributed by atoms with Crippen LogP contribution in [-0.2, 0) is 4.79 Å². The lowest BCUT2D eigenvalue weighted by atomic mass is 10.00. The fraction of sp³-hybridized carbons (Fsp3) is 0.261. The molecule has 0 spiro atoms. The van der Waals surface area contributed by atoms with Gasteiger partial charge in [-0.2, -0.15) is 0 Å². The minimum atomic E-state index is -0.377. The number of nitrogens with one attached hydrogen (secondary N) is 2. The number of carbonyl (C=O) groups excluding carboxylic acids is 1. The second-order valence-electron chi connectivity index (χ2n) is 6.44. The molecule has 1 unspecified atom stereocenters. The van der Waals surface area contributed by atoms with Crippen LogP contribution >= 0.6 is 0 Å². The van der Waals surface area contributed by atoms with Crippen molar-refractivity contribution in [2.24, 2.45) is 0 Å². The predicted molar refractivity (Wildman–Crippen MR) is 110 cm³/mol. The molecule has 2 atom stereocenters. The molecule has 0 aliphatic rings. The van der Waals surface area contributed by atoms with Gasteiger partial charge in [-0.25, -0.2) is 0 Å². The van der Waals surface area contributed by atoms with Gasteiger partial charge in [0.05, 0.1) is 0 Å².